The van der Waals surface area contributed by atoms with Crippen LogP contribution in [-0.4, -0.2) is 16.0 Å². The van der Waals surface area contributed by atoms with Crippen molar-refractivity contribution in [1.82, 2.24) is 4.98 Å². The third-order valence-electron chi connectivity index (χ3n) is 1.28. The number of hydrogen-bond acceptors (Lipinski definition) is 3. The van der Waals surface area contributed by atoms with Crippen LogP contribution in [-0.2, 0) is 0 Å². The van der Waals surface area contributed by atoms with Gasteiger partial charge in [0.15, 0.2) is 0 Å². The lowest BCUT2D eigenvalue weighted by Gasteiger charge is -1.98. The molecule has 1 rings (SSSR count). The van der Waals surface area contributed by atoms with Crippen LogP contribution in [0.4, 0.5) is 0 Å². The number of aromatic nitrogens is 1. The molecule has 0 fully saturated rings. The molecule has 4 nitrogen and oxygen atoms in total. The zero-order valence-electron chi connectivity index (χ0n) is 6.44. The molecule has 0 aliphatic rings. The normalized spacial score (nSPS) is 8.75. The number of carbonyl (C=O) groups excluding carboxylic acids is 1. The summed E-state index contributed by atoms with van der Waals surface area (Å²) in [6.07, 6.45) is 1.26. The Hall–Kier alpha value is -1.29. The fourth-order valence-electron chi connectivity index (χ4n) is 0.735. The van der Waals surface area contributed by atoms with E-state index in [-0.39, 0.29) is 23.7 Å². The predicted octanol–water partition coefficient (Wildman–Crippen LogP) is 0.616. The number of aryl methyl sites for hydroxylation is 1. The smallest absolute Gasteiger partial charge is 0.254 e. The van der Waals surface area contributed by atoms with Crippen molar-refractivity contribution in [2.45, 2.75) is 6.92 Å². The number of carbonyl (C=O) groups is 1. The quantitative estimate of drug-likeness (QED) is 0.678. The molecule has 0 radical (unpaired) electrons. The fourth-order valence-corrected chi connectivity index (χ4v) is 0.735. The van der Waals surface area contributed by atoms with Crippen LogP contribution in [0.1, 0.15) is 16.1 Å². The van der Waals surface area contributed by atoms with Crippen LogP contribution < -0.4 is 5.73 Å². The molecule has 0 saturated carbocycles. The lowest BCUT2D eigenvalue weighted by Crippen LogP contribution is -2.11. The molecular weight excluding hydrogens is 180 g/mol. The van der Waals surface area contributed by atoms with Crippen molar-refractivity contribution < 1.29 is 9.90 Å². The molecule has 0 unspecified atom stereocenters. The first-order valence-electron chi connectivity index (χ1n) is 3.06. The zero-order valence-corrected chi connectivity index (χ0v) is 7.26. The topological polar surface area (TPSA) is 76.2 Å². The second-order valence-electron chi connectivity index (χ2n) is 2.21. The maximum Gasteiger partial charge on any atom is 0.254 e. The Morgan fingerprint density at radius 1 is 1.67 bits per heavy atom. The van der Waals surface area contributed by atoms with Gasteiger partial charge in [-0.05, 0) is 6.92 Å². The molecule has 12 heavy (non-hydrogen) atoms. The molecule has 1 heterocycles. The molecule has 1 aromatic rings. The minimum atomic E-state index is -0.671. The number of amides is 1. The van der Waals surface area contributed by atoms with Crippen molar-refractivity contribution >= 4 is 18.3 Å². The molecule has 0 aromatic carbocycles. The molecule has 1 amide bonds. The van der Waals surface area contributed by atoms with Crippen LogP contribution in [0.3, 0.4) is 0 Å². The Labute approximate surface area is 75.8 Å². The van der Waals surface area contributed by atoms with Gasteiger partial charge in [-0.15, -0.1) is 12.4 Å². The molecule has 0 aliphatic heterocycles. The van der Waals surface area contributed by atoms with Crippen LogP contribution in [0.2, 0.25) is 0 Å². The molecule has 0 atom stereocenters. The molecule has 0 saturated heterocycles. The molecule has 1 aromatic heterocycles. The molecule has 66 valence electrons. The number of halogens is 1. The number of hydrogen-bond donors (Lipinski definition) is 2. The average molecular weight is 189 g/mol. The number of primary amides is 1. The third-order valence-corrected chi connectivity index (χ3v) is 1.28. The molecule has 5 heteroatoms. The van der Waals surface area contributed by atoms with Gasteiger partial charge in [0.05, 0.1) is 5.56 Å². The maximum atomic E-state index is 10.6. The number of nitrogens with zero attached hydrogens (tertiary/aromatic N) is 1. The largest absolute Gasteiger partial charge is 0.507 e. The molecule has 0 bridgehead atoms. The summed E-state index contributed by atoms with van der Waals surface area (Å²) in [5, 5.41) is 9.12. The van der Waals surface area contributed by atoms with E-state index in [1.165, 1.54) is 12.3 Å². The predicted molar refractivity (Wildman–Crippen MR) is 46.4 cm³/mol. The average Bonchev–Trinajstić information content (AvgIpc) is 1.85. The van der Waals surface area contributed by atoms with E-state index in [1.54, 1.807) is 6.92 Å². The van der Waals surface area contributed by atoms with Gasteiger partial charge in [0.2, 0.25) is 0 Å². The number of aromatic hydroxyl groups is 1. The highest BCUT2D eigenvalue weighted by atomic mass is 35.5. The summed E-state index contributed by atoms with van der Waals surface area (Å²) in [6, 6.07) is 1.39. The summed E-state index contributed by atoms with van der Waals surface area (Å²) in [4.78, 5) is 14.4. The first kappa shape index (κ1) is 10.7. The molecule has 0 aliphatic carbocycles. The lowest BCUT2D eigenvalue weighted by atomic mass is 10.2. The Balaban J connectivity index is 0.00000121. The highest BCUT2D eigenvalue weighted by Crippen LogP contribution is 2.14. The monoisotopic (exact) mass is 188 g/mol. The molecule has 3 N–H and O–H groups in total. The molecule has 0 spiro atoms. The lowest BCUT2D eigenvalue weighted by molar-refractivity contribution is 0.0997. The summed E-state index contributed by atoms with van der Waals surface area (Å²) in [6.45, 7) is 1.71. The van der Waals surface area contributed by atoms with Crippen LogP contribution >= 0.6 is 12.4 Å². The SMILES string of the molecule is Cc1cc(O)c(C(N)=O)cn1.Cl. The summed E-state index contributed by atoms with van der Waals surface area (Å²) >= 11 is 0. The van der Waals surface area contributed by atoms with E-state index in [0.29, 0.717) is 5.69 Å². The van der Waals surface area contributed by atoms with E-state index in [2.05, 4.69) is 4.98 Å². The number of pyridine rings is 1. The highest BCUT2D eigenvalue weighted by molar-refractivity contribution is 5.95. The van der Waals surface area contributed by atoms with E-state index in [4.69, 9.17) is 10.8 Å². The van der Waals surface area contributed by atoms with Crippen molar-refractivity contribution in [2.75, 3.05) is 0 Å². The number of rotatable bonds is 1. The first-order valence-corrected chi connectivity index (χ1v) is 3.06. The van der Waals surface area contributed by atoms with Crippen LogP contribution in [0.15, 0.2) is 12.3 Å². The van der Waals surface area contributed by atoms with Crippen molar-refractivity contribution in [2.24, 2.45) is 5.73 Å². The van der Waals surface area contributed by atoms with Gasteiger partial charge in [-0.3, -0.25) is 9.78 Å². The van der Waals surface area contributed by atoms with Crippen molar-refractivity contribution in [1.29, 1.82) is 0 Å². The Kier molecular flexibility index (Phi) is 3.50. The van der Waals surface area contributed by atoms with Crippen molar-refractivity contribution in [3.63, 3.8) is 0 Å². The summed E-state index contributed by atoms with van der Waals surface area (Å²) in [7, 11) is 0. The number of nitrogens with two attached hydrogens (primary N) is 1. The van der Waals surface area contributed by atoms with Gasteiger partial charge in [0.25, 0.3) is 5.91 Å². The van der Waals surface area contributed by atoms with Gasteiger partial charge in [0, 0.05) is 18.0 Å². The summed E-state index contributed by atoms with van der Waals surface area (Å²) in [5.74, 6) is -0.792. The van der Waals surface area contributed by atoms with Gasteiger partial charge in [-0.1, -0.05) is 0 Å². The summed E-state index contributed by atoms with van der Waals surface area (Å²) < 4.78 is 0. The first-order chi connectivity index (χ1) is 5.11. The van der Waals surface area contributed by atoms with Crippen LogP contribution in [0, 0.1) is 6.92 Å². The fraction of sp³-hybridized carbons (Fsp3) is 0.143. The van der Waals surface area contributed by atoms with Crippen molar-refractivity contribution in [3.8, 4) is 5.75 Å². The molecular formula is C7H9ClN2O2. The third kappa shape index (κ3) is 2.10. The van der Waals surface area contributed by atoms with Crippen molar-refractivity contribution in [3.05, 3.63) is 23.5 Å². The van der Waals surface area contributed by atoms with Crippen LogP contribution in [0.25, 0.3) is 0 Å². The van der Waals surface area contributed by atoms with E-state index in [1.807, 2.05) is 0 Å². The van der Waals surface area contributed by atoms with Gasteiger partial charge >= 0.3 is 0 Å². The highest BCUT2D eigenvalue weighted by Gasteiger charge is 2.06. The second-order valence-corrected chi connectivity index (χ2v) is 2.21. The van der Waals surface area contributed by atoms with E-state index >= 15 is 0 Å². The summed E-state index contributed by atoms with van der Waals surface area (Å²) in [5.41, 5.74) is 5.62. The maximum absolute atomic E-state index is 10.6. The standard InChI is InChI=1S/C7H8N2O2.ClH/c1-4-2-6(10)5(3-9-4)7(8)11;/h2-3H,1H3,(H2,8,11)(H,9,10);1H. The van der Waals surface area contributed by atoms with E-state index < -0.39 is 5.91 Å². The minimum absolute atomic E-state index is 0. The van der Waals surface area contributed by atoms with E-state index in [0.717, 1.165) is 0 Å². The van der Waals surface area contributed by atoms with E-state index in [9.17, 15) is 4.79 Å². The zero-order chi connectivity index (χ0) is 8.43. The van der Waals surface area contributed by atoms with Gasteiger partial charge in [0.1, 0.15) is 5.75 Å². The minimum Gasteiger partial charge on any atom is -0.507 e. The Morgan fingerprint density at radius 2 is 2.25 bits per heavy atom. The Bertz CT molecular complexity index is 301. The Morgan fingerprint density at radius 3 is 2.67 bits per heavy atom. The van der Waals surface area contributed by atoms with Crippen LogP contribution in [0.5, 0.6) is 5.75 Å². The van der Waals surface area contributed by atoms with Gasteiger partial charge in [-0.2, -0.15) is 0 Å². The van der Waals surface area contributed by atoms with Gasteiger partial charge in [-0.25, -0.2) is 0 Å². The van der Waals surface area contributed by atoms with Gasteiger partial charge < -0.3 is 10.8 Å². The second kappa shape index (κ2) is 3.92.